The zero-order chi connectivity index (χ0) is 13.0. The fourth-order valence-corrected chi connectivity index (χ4v) is 3.89. The highest BCUT2D eigenvalue weighted by Gasteiger charge is 2.58. The summed E-state index contributed by atoms with van der Waals surface area (Å²) in [5.41, 5.74) is -0.113. The first-order chi connectivity index (χ1) is 8.44. The van der Waals surface area contributed by atoms with Crippen molar-refractivity contribution >= 4 is 17.7 Å². The van der Waals surface area contributed by atoms with E-state index in [1.54, 1.807) is 0 Å². The summed E-state index contributed by atoms with van der Waals surface area (Å²) >= 11 is 0. The summed E-state index contributed by atoms with van der Waals surface area (Å²) in [7, 11) is 1.51. The molecule has 0 atom stereocenters. The highest BCUT2D eigenvalue weighted by Crippen LogP contribution is 2.58. The summed E-state index contributed by atoms with van der Waals surface area (Å²) < 4.78 is 0. The van der Waals surface area contributed by atoms with Crippen molar-refractivity contribution in [3.8, 4) is 0 Å². The zero-order valence-corrected chi connectivity index (χ0v) is 10.6. The Hall–Kier alpha value is -1.39. The molecule has 18 heavy (non-hydrogen) atoms. The summed E-state index contributed by atoms with van der Waals surface area (Å²) in [6.45, 7) is 0. The van der Waals surface area contributed by atoms with Crippen LogP contribution in [0.2, 0.25) is 0 Å². The Labute approximate surface area is 106 Å². The quantitative estimate of drug-likeness (QED) is 0.703. The molecule has 1 saturated heterocycles. The van der Waals surface area contributed by atoms with Crippen molar-refractivity contribution in [2.24, 2.45) is 5.41 Å². The van der Waals surface area contributed by atoms with Gasteiger partial charge in [-0.2, -0.15) is 0 Å². The van der Waals surface area contributed by atoms with E-state index in [1.807, 2.05) is 0 Å². The van der Waals surface area contributed by atoms with Gasteiger partial charge in [0, 0.05) is 19.9 Å². The maximum atomic E-state index is 11.7. The molecule has 0 radical (unpaired) electrons. The summed E-state index contributed by atoms with van der Waals surface area (Å²) in [6.07, 6.45) is 5.30. The number of nitrogens with zero attached hydrogens (tertiary/aromatic N) is 1. The topological polar surface area (TPSA) is 66.5 Å². The lowest BCUT2D eigenvalue weighted by Crippen LogP contribution is -2.69. The number of urea groups is 1. The Morgan fingerprint density at radius 1 is 1.11 bits per heavy atom. The van der Waals surface area contributed by atoms with Gasteiger partial charge in [0.2, 0.25) is 5.91 Å². The molecular formula is C13H18N2O3. The fourth-order valence-electron chi connectivity index (χ4n) is 3.89. The first kappa shape index (κ1) is 11.7. The Morgan fingerprint density at radius 2 is 1.72 bits per heavy atom. The van der Waals surface area contributed by atoms with Crippen molar-refractivity contribution in [1.82, 2.24) is 10.2 Å². The molecule has 3 amide bonds. The van der Waals surface area contributed by atoms with Crippen LogP contribution in [0.1, 0.15) is 44.9 Å². The molecular weight excluding hydrogens is 232 g/mol. The van der Waals surface area contributed by atoms with E-state index in [0.717, 1.165) is 30.6 Å². The van der Waals surface area contributed by atoms with Gasteiger partial charge in [0.15, 0.2) is 0 Å². The molecule has 2 saturated carbocycles. The summed E-state index contributed by atoms with van der Waals surface area (Å²) in [6, 6.07) is -0.284. The van der Waals surface area contributed by atoms with Crippen LogP contribution < -0.4 is 5.32 Å². The monoisotopic (exact) mass is 250 g/mol. The molecule has 0 bridgehead atoms. The normalized spacial score (nSPS) is 29.4. The fraction of sp³-hybridized carbons (Fsp3) is 0.769. The number of hydrogen-bond acceptors (Lipinski definition) is 3. The average Bonchev–Trinajstić information content (AvgIpc) is 2.28. The Bertz CT molecular complexity index is 406. The van der Waals surface area contributed by atoms with E-state index in [2.05, 4.69) is 5.32 Å². The maximum Gasteiger partial charge on any atom is 0.324 e. The summed E-state index contributed by atoms with van der Waals surface area (Å²) in [5, 5.41) is 2.97. The van der Waals surface area contributed by atoms with Crippen molar-refractivity contribution < 1.29 is 14.4 Å². The second-order valence-corrected chi connectivity index (χ2v) is 6.23. The van der Waals surface area contributed by atoms with E-state index < -0.39 is 0 Å². The van der Waals surface area contributed by atoms with E-state index in [1.165, 1.54) is 7.05 Å². The van der Waals surface area contributed by atoms with Gasteiger partial charge in [-0.1, -0.05) is 0 Å². The average molecular weight is 250 g/mol. The Balaban J connectivity index is 1.69. The third-order valence-corrected chi connectivity index (χ3v) is 4.84. The number of hydrogen-bond donors (Lipinski definition) is 1. The van der Waals surface area contributed by atoms with Crippen LogP contribution in [0.4, 0.5) is 4.79 Å². The minimum absolute atomic E-state index is 0.0968. The number of imide groups is 1. The SMILES string of the molecule is CN1C(=O)CC2(CC3(CCC(=O)CC3)C2)NC1=O. The number of amides is 3. The van der Waals surface area contributed by atoms with Gasteiger partial charge in [-0.05, 0) is 31.1 Å². The number of carbonyl (C=O) groups excluding carboxylic acids is 3. The zero-order valence-electron chi connectivity index (χ0n) is 10.6. The highest BCUT2D eigenvalue weighted by molar-refractivity contribution is 5.98. The van der Waals surface area contributed by atoms with Crippen LogP contribution >= 0.6 is 0 Å². The lowest BCUT2D eigenvalue weighted by atomic mass is 9.51. The van der Waals surface area contributed by atoms with E-state index in [-0.39, 0.29) is 22.9 Å². The van der Waals surface area contributed by atoms with Crippen LogP contribution in [0.15, 0.2) is 0 Å². The smallest absolute Gasteiger partial charge is 0.324 e. The Morgan fingerprint density at radius 3 is 2.28 bits per heavy atom. The third kappa shape index (κ3) is 1.64. The molecule has 0 aromatic carbocycles. The van der Waals surface area contributed by atoms with Gasteiger partial charge in [-0.15, -0.1) is 0 Å². The highest BCUT2D eigenvalue weighted by atomic mass is 16.2. The number of ketones is 1. The molecule has 98 valence electrons. The lowest BCUT2D eigenvalue weighted by Gasteiger charge is -2.59. The van der Waals surface area contributed by atoms with Crippen molar-refractivity contribution in [1.29, 1.82) is 0 Å². The molecule has 1 N–H and O–H groups in total. The van der Waals surface area contributed by atoms with Gasteiger partial charge in [-0.3, -0.25) is 14.5 Å². The van der Waals surface area contributed by atoms with Crippen LogP contribution in [0.3, 0.4) is 0 Å². The second-order valence-electron chi connectivity index (χ2n) is 6.23. The van der Waals surface area contributed by atoms with Gasteiger partial charge in [-0.25, -0.2) is 4.79 Å². The van der Waals surface area contributed by atoms with E-state index in [9.17, 15) is 14.4 Å². The lowest BCUT2D eigenvalue weighted by molar-refractivity contribution is -0.139. The van der Waals surface area contributed by atoms with E-state index in [0.29, 0.717) is 25.0 Å². The minimum atomic E-state index is -0.318. The second kappa shape index (κ2) is 3.56. The third-order valence-electron chi connectivity index (χ3n) is 4.84. The van der Waals surface area contributed by atoms with Crippen LogP contribution in [-0.2, 0) is 9.59 Å². The molecule has 3 aliphatic rings. The predicted octanol–water partition coefficient (Wildman–Crippen LogP) is 1.22. The van der Waals surface area contributed by atoms with Crippen molar-refractivity contribution in [2.45, 2.75) is 50.5 Å². The first-order valence-electron chi connectivity index (χ1n) is 6.54. The molecule has 0 aromatic rings. The molecule has 3 fully saturated rings. The van der Waals surface area contributed by atoms with Crippen molar-refractivity contribution in [2.75, 3.05) is 7.05 Å². The molecule has 0 unspecified atom stereocenters. The number of carbonyl (C=O) groups is 3. The number of nitrogens with one attached hydrogen (secondary N) is 1. The maximum absolute atomic E-state index is 11.7. The molecule has 3 rings (SSSR count). The largest absolute Gasteiger partial charge is 0.332 e. The van der Waals surface area contributed by atoms with Crippen LogP contribution in [0.25, 0.3) is 0 Å². The summed E-state index contributed by atoms with van der Waals surface area (Å²) in [5.74, 6) is 0.255. The van der Waals surface area contributed by atoms with E-state index in [4.69, 9.17) is 0 Å². The standard InChI is InChI=1S/C13H18N2O3/c1-15-10(17)6-13(14-11(15)18)7-12(8-13)4-2-9(16)3-5-12/h2-8H2,1H3,(H,14,18). The minimum Gasteiger partial charge on any atom is -0.332 e. The van der Waals surface area contributed by atoms with Crippen LogP contribution in [-0.4, -0.2) is 35.2 Å². The molecule has 1 aliphatic heterocycles. The van der Waals surface area contributed by atoms with Gasteiger partial charge in [0.05, 0.1) is 12.0 Å². The van der Waals surface area contributed by atoms with Gasteiger partial charge < -0.3 is 5.32 Å². The first-order valence-corrected chi connectivity index (χ1v) is 6.54. The predicted molar refractivity (Wildman–Crippen MR) is 63.8 cm³/mol. The van der Waals surface area contributed by atoms with Gasteiger partial charge in [0.25, 0.3) is 0 Å². The van der Waals surface area contributed by atoms with Gasteiger partial charge >= 0.3 is 6.03 Å². The van der Waals surface area contributed by atoms with Crippen molar-refractivity contribution in [3.05, 3.63) is 0 Å². The van der Waals surface area contributed by atoms with E-state index >= 15 is 0 Å². The molecule has 0 aromatic heterocycles. The summed E-state index contributed by atoms with van der Waals surface area (Å²) in [4.78, 5) is 35.9. The molecule has 2 aliphatic carbocycles. The molecule has 5 nitrogen and oxygen atoms in total. The van der Waals surface area contributed by atoms with Crippen LogP contribution in [0.5, 0.6) is 0 Å². The number of rotatable bonds is 0. The van der Waals surface area contributed by atoms with Crippen molar-refractivity contribution in [3.63, 3.8) is 0 Å². The molecule has 1 heterocycles. The van der Waals surface area contributed by atoms with Gasteiger partial charge in [0.1, 0.15) is 5.78 Å². The molecule has 5 heteroatoms. The Kier molecular flexibility index (Phi) is 2.31. The van der Waals surface area contributed by atoms with Crippen LogP contribution in [0, 0.1) is 5.41 Å². The number of Topliss-reactive ketones (excluding diaryl/α,β-unsaturated/α-hetero) is 1. The molecule has 2 spiro atoms.